The van der Waals surface area contributed by atoms with Crippen molar-refractivity contribution in [1.29, 1.82) is 0 Å². The van der Waals surface area contributed by atoms with Gasteiger partial charge in [-0.15, -0.1) is 0 Å². The van der Waals surface area contributed by atoms with Crippen molar-refractivity contribution in [3.63, 3.8) is 0 Å². The maximum Gasteiger partial charge on any atom is 0.365 e. The van der Waals surface area contributed by atoms with E-state index in [1.165, 1.54) is 19.4 Å². The van der Waals surface area contributed by atoms with Crippen LogP contribution in [0.1, 0.15) is 149 Å². The molecule has 9 aromatic rings. The van der Waals surface area contributed by atoms with E-state index < -0.39 is 17.5 Å². The van der Waals surface area contributed by atoms with Gasteiger partial charge in [0.2, 0.25) is 11.6 Å². The SMILES string of the molecule is CCCCCC/C(=N\OC(=O)c1ccccc1)C(=O)c1ccc(Sc2ccccc2)cc1.CCN(CC)C(C)(Cc1ccccc1)C(=O)c1ccc(N2CCOCC2)cc1.CCn1c2ccc(C(=O)/C(C)=N/OC(C)=O)cc2c2cc(C(=O)c3ccccc3C)ccc21. The van der Waals surface area contributed by atoms with E-state index in [0.29, 0.717) is 40.7 Å². The van der Waals surface area contributed by atoms with Gasteiger partial charge >= 0.3 is 11.9 Å². The summed E-state index contributed by atoms with van der Waals surface area (Å²) < 4.78 is 7.59. The number of carbonyl (C=O) groups is 6. The Labute approximate surface area is 550 Å². The lowest BCUT2D eigenvalue weighted by atomic mass is 9.83. The molecule has 0 amide bonds. The van der Waals surface area contributed by atoms with Crippen LogP contribution in [0.5, 0.6) is 0 Å². The number of rotatable bonds is 25. The van der Waals surface area contributed by atoms with Crippen LogP contribution in [0.25, 0.3) is 21.8 Å². The first-order valence-electron chi connectivity index (χ1n) is 32.0. The number of hydrogen-bond donors (Lipinski definition) is 0. The highest BCUT2D eigenvalue weighted by molar-refractivity contribution is 7.99. The average molecular weight is 1270 g/mol. The Hall–Kier alpha value is -9.41. The molecule has 0 spiro atoms. The highest BCUT2D eigenvalue weighted by Crippen LogP contribution is 2.33. The van der Waals surface area contributed by atoms with E-state index >= 15 is 0 Å². The summed E-state index contributed by atoms with van der Waals surface area (Å²) in [6.45, 7) is 20.9. The molecule has 0 aliphatic carbocycles. The van der Waals surface area contributed by atoms with E-state index in [1.54, 1.807) is 60.3 Å². The fourth-order valence-electron chi connectivity index (χ4n) is 11.4. The molecule has 480 valence electrons. The van der Waals surface area contributed by atoms with E-state index in [1.807, 2.05) is 134 Å². The Kier molecular flexibility index (Phi) is 25.6. The van der Waals surface area contributed by atoms with E-state index in [0.717, 1.165) is 120 Å². The number of oxime groups is 2. The highest BCUT2D eigenvalue weighted by Gasteiger charge is 2.39. The smallest absolute Gasteiger partial charge is 0.365 e. The van der Waals surface area contributed by atoms with Gasteiger partial charge in [-0.1, -0.05) is 153 Å². The number of nitrogens with zero attached hydrogens (tertiary/aromatic N) is 5. The summed E-state index contributed by atoms with van der Waals surface area (Å²) in [4.78, 5) is 92.5. The van der Waals surface area contributed by atoms with Gasteiger partial charge in [0.1, 0.15) is 11.4 Å². The number of anilines is 1. The monoisotopic (exact) mass is 1270 g/mol. The highest BCUT2D eigenvalue weighted by atomic mass is 32.2. The third-order valence-electron chi connectivity index (χ3n) is 16.5. The van der Waals surface area contributed by atoms with Gasteiger partial charge in [0.05, 0.1) is 24.3 Å². The number of ketones is 4. The normalized spacial score (nSPS) is 13.1. The van der Waals surface area contributed by atoms with Crippen molar-refractivity contribution in [2.75, 3.05) is 44.3 Å². The molecule has 1 fully saturated rings. The van der Waals surface area contributed by atoms with Crippen molar-refractivity contribution in [2.24, 2.45) is 10.3 Å². The maximum atomic E-state index is 13.6. The summed E-state index contributed by atoms with van der Waals surface area (Å²) >= 11 is 1.64. The van der Waals surface area contributed by atoms with Gasteiger partial charge in [-0.05, 0) is 180 Å². The first-order valence-corrected chi connectivity index (χ1v) is 32.8. The van der Waals surface area contributed by atoms with Crippen molar-refractivity contribution < 1.29 is 43.2 Å². The number of likely N-dealkylation sites (N-methyl/N-ethyl adjacent to an activating group) is 1. The number of ether oxygens (including phenoxy) is 1. The Morgan fingerprint density at radius 1 is 0.570 bits per heavy atom. The van der Waals surface area contributed by atoms with Gasteiger partial charge in [0, 0.05) is 91.7 Å². The summed E-state index contributed by atoms with van der Waals surface area (Å²) in [5, 5.41) is 9.36. The number of Topliss-reactive ketones (excluding diaryl/α,β-unsaturated/α-hetero) is 3. The lowest BCUT2D eigenvalue weighted by molar-refractivity contribution is -0.140. The number of morpholine rings is 1. The summed E-state index contributed by atoms with van der Waals surface area (Å²) in [6, 6.07) is 63.3. The number of carbonyl (C=O) groups excluding carboxylic acids is 6. The van der Waals surface area contributed by atoms with E-state index in [2.05, 4.69) is 88.4 Å². The second-order valence-corrected chi connectivity index (χ2v) is 24.0. The Morgan fingerprint density at radius 3 is 1.73 bits per heavy atom. The zero-order valence-electron chi connectivity index (χ0n) is 54.6. The quantitative estimate of drug-likeness (QED) is 0.0175. The molecule has 93 heavy (non-hydrogen) atoms. The molecule has 15 heteroatoms. The fraction of sp³-hybridized carbons (Fsp3) is 0.282. The molecule has 14 nitrogen and oxygen atoms in total. The molecule has 1 aromatic heterocycles. The van der Waals surface area contributed by atoms with E-state index in [4.69, 9.17) is 9.57 Å². The van der Waals surface area contributed by atoms with Crippen LogP contribution in [0.2, 0.25) is 0 Å². The van der Waals surface area contributed by atoms with Gasteiger partial charge in [-0.2, -0.15) is 0 Å². The molecule has 1 unspecified atom stereocenters. The summed E-state index contributed by atoms with van der Waals surface area (Å²) in [5.74, 6) is -1.55. The number of benzene rings is 8. The Morgan fingerprint density at radius 2 is 1.13 bits per heavy atom. The molecule has 10 rings (SSSR count). The fourth-order valence-corrected chi connectivity index (χ4v) is 12.2. The van der Waals surface area contributed by atoms with E-state index in [-0.39, 0.29) is 34.6 Å². The zero-order chi connectivity index (χ0) is 66.3. The van der Waals surface area contributed by atoms with Crippen LogP contribution in [0, 0.1) is 6.92 Å². The van der Waals surface area contributed by atoms with Crippen molar-refractivity contribution >= 4 is 85.8 Å². The zero-order valence-corrected chi connectivity index (χ0v) is 55.4. The molecule has 1 saturated heterocycles. The van der Waals surface area contributed by atoms with Crippen LogP contribution >= 0.6 is 11.8 Å². The van der Waals surface area contributed by atoms with Crippen LogP contribution in [-0.2, 0) is 32.2 Å². The lowest BCUT2D eigenvalue weighted by Crippen LogP contribution is -2.54. The average Bonchev–Trinajstić information content (AvgIpc) is 1.65. The molecule has 0 radical (unpaired) electrons. The summed E-state index contributed by atoms with van der Waals surface area (Å²) in [6.07, 6.45) is 5.20. The Balaban J connectivity index is 0.000000180. The molecular weight excluding hydrogens is 1180 g/mol. The molecule has 1 aliphatic rings. The third-order valence-corrected chi connectivity index (χ3v) is 17.5. The maximum absolute atomic E-state index is 13.6. The molecule has 8 aromatic carbocycles. The van der Waals surface area contributed by atoms with Gasteiger partial charge in [-0.3, -0.25) is 24.1 Å². The lowest BCUT2D eigenvalue weighted by Gasteiger charge is -2.39. The second-order valence-electron chi connectivity index (χ2n) is 22.9. The predicted octanol–water partition coefficient (Wildman–Crippen LogP) is 16.7. The molecule has 1 atom stereocenters. The summed E-state index contributed by atoms with van der Waals surface area (Å²) in [7, 11) is 0. The molecular formula is C78H83N5O9S. The Bertz CT molecular complexity index is 4070. The molecule has 1 aliphatic heterocycles. The standard InChI is InChI=1S/C27H24N2O4.C27H27NO3S.C24H32N2O2/c1-5-29-24-12-10-19(26(31)17(3)28-33-18(4)30)14-22(24)23-15-20(11-13-25(23)29)27(32)21-9-7-6-8-16(21)2;1-2-3-4-11-16-25(28-31-27(30)22-12-7-5-8-13-22)26(29)21-17-19-24(20-18-21)32-23-14-9-6-10-15-23;1-4-26(5-2)24(3,19-20-9-7-6-8-10-20)23(27)21-11-13-22(14-12-21)25-15-17-28-18-16-25/h6-15H,5H2,1-4H3;5-10,12-15,17-20H,2-4,11,16H2,1H3;6-14H,4-5,15-19H2,1-3H3/b28-17+;28-25+;. The number of aryl methyl sites for hydroxylation is 2. The molecule has 0 bridgehead atoms. The molecule has 2 heterocycles. The van der Waals surface area contributed by atoms with Crippen LogP contribution in [-0.4, -0.2) is 101 Å². The van der Waals surface area contributed by atoms with Crippen molar-refractivity contribution in [3.8, 4) is 0 Å². The molecule has 0 saturated carbocycles. The molecule has 0 N–H and O–H groups in total. The van der Waals surface area contributed by atoms with Crippen LogP contribution in [0.4, 0.5) is 5.69 Å². The first kappa shape index (κ1) is 69.5. The number of aromatic nitrogens is 1. The van der Waals surface area contributed by atoms with Crippen molar-refractivity contribution in [3.05, 3.63) is 245 Å². The third kappa shape index (κ3) is 18.4. The predicted molar refractivity (Wildman–Crippen MR) is 374 cm³/mol. The van der Waals surface area contributed by atoms with Crippen LogP contribution < -0.4 is 4.90 Å². The van der Waals surface area contributed by atoms with E-state index in [9.17, 15) is 28.8 Å². The number of unbranched alkanes of at least 4 members (excludes halogenated alkanes) is 3. The van der Waals surface area contributed by atoms with Crippen LogP contribution in [0.3, 0.4) is 0 Å². The first-order chi connectivity index (χ1) is 45.1. The minimum absolute atomic E-state index is 0.0380. The van der Waals surface area contributed by atoms with Gasteiger partial charge < -0.3 is 23.9 Å². The van der Waals surface area contributed by atoms with Crippen molar-refractivity contribution in [2.45, 2.75) is 116 Å². The second kappa shape index (κ2) is 34.3. The van der Waals surface area contributed by atoms with Gasteiger partial charge in [-0.25, -0.2) is 9.59 Å². The number of fused-ring (bicyclic) bond motifs is 3. The minimum atomic E-state index is -0.588. The van der Waals surface area contributed by atoms with Gasteiger partial charge in [0.15, 0.2) is 11.6 Å². The van der Waals surface area contributed by atoms with Crippen molar-refractivity contribution in [1.82, 2.24) is 9.47 Å². The van der Waals surface area contributed by atoms with Crippen LogP contribution in [0.15, 0.2) is 220 Å². The summed E-state index contributed by atoms with van der Waals surface area (Å²) in [5.41, 5.74) is 8.44. The number of hydrogen-bond acceptors (Lipinski definition) is 14. The minimum Gasteiger partial charge on any atom is -0.378 e. The largest absolute Gasteiger partial charge is 0.378 e. The topological polar surface area (TPSA) is 166 Å². The van der Waals surface area contributed by atoms with Gasteiger partial charge in [0.25, 0.3) is 0 Å².